The Labute approximate surface area is 184 Å². The third kappa shape index (κ3) is 9.55. The van der Waals surface area contributed by atoms with Gasteiger partial charge in [-0.1, -0.05) is 35.8 Å². The molecular formula is C18H14CaO8. The van der Waals surface area contributed by atoms with Crippen LogP contribution in [0.25, 0.3) is 12.2 Å². The van der Waals surface area contributed by atoms with E-state index in [-0.39, 0.29) is 49.2 Å². The van der Waals surface area contributed by atoms with Gasteiger partial charge in [-0.2, -0.15) is 0 Å². The molecule has 8 nitrogen and oxygen atoms in total. The van der Waals surface area contributed by atoms with Crippen molar-refractivity contribution in [1.29, 1.82) is 0 Å². The van der Waals surface area contributed by atoms with Crippen molar-refractivity contribution in [2.75, 3.05) is 0 Å². The van der Waals surface area contributed by atoms with Gasteiger partial charge in [0.15, 0.2) is 0 Å². The molecule has 136 valence electrons. The SMILES string of the molecule is O=C(O)/C=C/c1ccc([O-])c(O)c1.O=C(O)/C=C/c1ccc([O-])c(O)c1.[Ca+2]. The van der Waals surface area contributed by atoms with Crippen LogP contribution in [0.5, 0.6) is 23.0 Å². The summed E-state index contributed by atoms with van der Waals surface area (Å²) in [5, 5.41) is 56.0. The van der Waals surface area contributed by atoms with Crippen LogP contribution >= 0.6 is 0 Å². The van der Waals surface area contributed by atoms with E-state index < -0.39 is 23.4 Å². The number of benzene rings is 2. The molecule has 0 unspecified atom stereocenters. The van der Waals surface area contributed by atoms with E-state index in [1.165, 1.54) is 48.6 Å². The summed E-state index contributed by atoms with van der Waals surface area (Å²) >= 11 is 0. The normalized spacial score (nSPS) is 10.1. The number of carboxylic acids is 2. The van der Waals surface area contributed by atoms with Crippen LogP contribution in [0.1, 0.15) is 11.1 Å². The summed E-state index contributed by atoms with van der Waals surface area (Å²) < 4.78 is 0. The maximum atomic E-state index is 10.7. The van der Waals surface area contributed by atoms with Gasteiger partial charge < -0.3 is 30.6 Å². The van der Waals surface area contributed by atoms with E-state index >= 15 is 0 Å². The Morgan fingerprint density at radius 1 is 0.741 bits per heavy atom. The van der Waals surface area contributed by atoms with Gasteiger partial charge in [-0.3, -0.25) is 0 Å². The van der Waals surface area contributed by atoms with Gasteiger partial charge in [0.1, 0.15) is 11.5 Å². The number of aliphatic carboxylic acids is 2. The maximum Gasteiger partial charge on any atom is 2.00 e. The molecule has 0 aromatic heterocycles. The molecule has 0 radical (unpaired) electrons. The predicted molar refractivity (Wildman–Crippen MR) is 94.2 cm³/mol. The molecule has 0 bridgehead atoms. The van der Waals surface area contributed by atoms with E-state index in [0.29, 0.717) is 11.1 Å². The first-order valence-electron chi connectivity index (χ1n) is 7.01. The summed E-state index contributed by atoms with van der Waals surface area (Å²) in [6, 6.07) is 7.64. The van der Waals surface area contributed by atoms with Gasteiger partial charge in [0.25, 0.3) is 0 Å². The zero-order valence-corrected chi connectivity index (χ0v) is 16.1. The van der Waals surface area contributed by atoms with Crippen LogP contribution in [0.4, 0.5) is 0 Å². The second-order valence-corrected chi connectivity index (χ2v) is 4.80. The molecule has 0 spiro atoms. The Kier molecular flexibility index (Phi) is 10.7. The number of carboxylic acid groups (broad SMARTS) is 2. The minimum Gasteiger partial charge on any atom is -0.870 e. The molecule has 0 saturated heterocycles. The fourth-order valence-electron chi connectivity index (χ4n) is 1.61. The average molecular weight is 398 g/mol. The minimum absolute atomic E-state index is 0. The van der Waals surface area contributed by atoms with Crippen LogP contribution in [0.2, 0.25) is 0 Å². The van der Waals surface area contributed by atoms with Crippen LogP contribution in [0.15, 0.2) is 48.6 Å². The number of hydrogen-bond donors (Lipinski definition) is 4. The van der Waals surface area contributed by atoms with E-state index in [2.05, 4.69) is 0 Å². The third-order valence-corrected chi connectivity index (χ3v) is 2.80. The van der Waals surface area contributed by atoms with Crippen LogP contribution < -0.4 is 10.2 Å². The molecule has 27 heavy (non-hydrogen) atoms. The number of phenols is 2. The summed E-state index contributed by atoms with van der Waals surface area (Å²) in [4.78, 5) is 20.2. The number of rotatable bonds is 4. The second-order valence-electron chi connectivity index (χ2n) is 4.80. The van der Waals surface area contributed by atoms with Crippen LogP contribution in [-0.4, -0.2) is 70.1 Å². The van der Waals surface area contributed by atoms with Crippen LogP contribution in [-0.2, 0) is 9.59 Å². The number of phenolic OH excluding ortho intramolecular Hbond substituents is 2. The minimum atomic E-state index is -1.08. The topological polar surface area (TPSA) is 161 Å². The van der Waals surface area contributed by atoms with Crippen LogP contribution in [0.3, 0.4) is 0 Å². The van der Waals surface area contributed by atoms with Crippen molar-refractivity contribution in [1.82, 2.24) is 0 Å². The Morgan fingerprint density at radius 3 is 1.33 bits per heavy atom. The molecule has 0 amide bonds. The van der Waals surface area contributed by atoms with Crippen molar-refractivity contribution in [3.63, 3.8) is 0 Å². The van der Waals surface area contributed by atoms with Crippen molar-refractivity contribution in [3.05, 3.63) is 59.7 Å². The van der Waals surface area contributed by atoms with Crippen molar-refractivity contribution in [2.45, 2.75) is 0 Å². The molecule has 0 saturated carbocycles. The monoisotopic (exact) mass is 398 g/mol. The molecular weight excluding hydrogens is 384 g/mol. The molecule has 4 N–H and O–H groups in total. The Hall–Kier alpha value is -2.68. The molecule has 0 fully saturated rings. The first-order valence-corrected chi connectivity index (χ1v) is 7.01. The molecule has 0 aliphatic carbocycles. The standard InChI is InChI=1S/2C9H8O4.Ca/c2*10-7-3-1-6(5-8(7)11)2-4-9(12)13;/h2*1-5,10-11H,(H,12,13);/q;;+2/p-2/b2*4-2+;. The van der Waals surface area contributed by atoms with E-state index in [1.54, 1.807) is 0 Å². The molecule has 2 aromatic rings. The summed E-state index contributed by atoms with van der Waals surface area (Å²) in [6.07, 6.45) is 4.45. The smallest absolute Gasteiger partial charge is 0.870 e. The third-order valence-electron chi connectivity index (χ3n) is 2.80. The van der Waals surface area contributed by atoms with Gasteiger partial charge in [-0.15, -0.1) is 0 Å². The molecule has 9 heteroatoms. The summed E-state index contributed by atoms with van der Waals surface area (Å²) in [6.45, 7) is 0. The number of carbonyl (C=O) groups is 2. The number of hydrogen-bond acceptors (Lipinski definition) is 6. The summed E-state index contributed by atoms with van der Waals surface area (Å²) in [7, 11) is 0. The zero-order chi connectivity index (χ0) is 19.7. The Morgan fingerprint density at radius 2 is 1.07 bits per heavy atom. The van der Waals surface area contributed by atoms with E-state index in [0.717, 1.165) is 12.2 Å². The first kappa shape index (κ1) is 24.3. The van der Waals surface area contributed by atoms with Crippen molar-refractivity contribution in [3.8, 4) is 23.0 Å². The molecule has 2 rings (SSSR count). The van der Waals surface area contributed by atoms with Gasteiger partial charge in [0.05, 0.1) is 0 Å². The first-order chi connectivity index (χ1) is 12.2. The van der Waals surface area contributed by atoms with Crippen LogP contribution in [0, 0.1) is 0 Å². The average Bonchev–Trinajstić information content (AvgIpc) is 2.57. The number of aromatic hydroxyl groups is 2. The molecule has 0 aliphatic rings. The van der Waals surface area contributed by atoms with Gasteiger partial charge >= 0.3 is 49.7 Å². The summed E-state index contributed by atoms with van der Waals surface area (Å²) in [5.74, 6) is -3.88. The molecule has 0 aliphatic heterocycles. The molecule has 2 aromatic carbocycles. The quantitative estimate of drug-likeness (QED) is 0.433. The van der Waals surface area contributed by atoms with Gasteiger partial charge in [0, 0.05) is 12.2 Å². The van der Waals surface area contributed by atoms with E-state index in [9.17, 15) is 19.8 Å². The van der Waals surface area contributed by atoms with Crippen molar-refractivity contribution >= 4 is 61.8 Å². The largest absolute Gasteiger partial charge is 2.00 e. The van der Waals surface area contributed by atoms with Crippen molar-refractivity contribution in [2.24, 2.45) is 0 Å². The maximum absolute atomic E-state index is 10.7. The second kappa shape index (κ2) is 11.8. The van der Waals surface area contributed by atoms with Crippen molar-refractivity contribution < 1.29 is 40.2 Å². The van der Waals surface area contributed by atoms with Gasteiger partial charge in [0.2, 0.25) is 0 Å². The fourth-order valence-corrected chi connectivity index (χ4v) is 1.61. The van der Waals surface area contributed by atoms with E-state index in [4.69, 9.17) is 20.4 Å². The Bertz CT molecular complexity index is 787. The Balaban J connectivity index is 0.000000483. The predicted octanol–water partition coefficient (Wildman–Crippen LogP) is 0.746. The van der Waals surface area contributed by atoms with Gasteiger partial charge in [-0.25, -0.2) is 9.59 Å². The van der Waals surface area contributed by atoms with E-state index in [1.807, 2.05) is 0 Å². The zero-order valence-electron chi connectivity index (χ0n) is 13.9. The fraction of sp³-hybridized carbons (Fsp3) is 0. The molecule has 0 atom stereocenters. The van der Waals surface area contributed by atoms with Gasteiger partial charge in [-0.05, 0) is 35.4 Å². The molecule has 0 heterocycles. The summed E-state index contributed by atoms with van der Waals surface area (Å²) in [5.41, 5.74) is 0.944.